The van der Waals surface area contributed by atoms with Crippen LogP contribution in [0.15, 0.2) is 22.7 Å². The van der Waals surface area contributed by atoms with Crippen LogP contribution in [0.25, 0.3) is 0 Å². The Labute approximate surface area is 103 Å². The molecule has 1 aromatic rings. The van der Waals surface area contributed by atoms with Gasteiger partial charge in [-0.25, -0.2) is 4.39 Å². The van der Waals surface area contributed by atoms with Gasteiger partial charge in [-0.2, -0.15) is 0 Å². The molecule has 1 unspecified atom stereocenters. The predicted molar refractivity (Wildman–Crippen MR) is 62.5 cm³/mol. The molecular formula is C12H14BrFO2. The highest BCUT2D eigenvalue weighted by molar-refractivity contribution is 9.10. The molecule has 1 atom stereocenters. The largest absolute Gasteiger partial charge is 0.353 e. The Morgan fingerprint density at radius 1 is 1.44 bits per heavy atom. The molecule has 1 fully saturated rings. The number of rotatable bonds is 3. The molecule has 0 saturated carbocycles. The van der Waals surface area contributed by atoms with E-state index in [4.69, 9.17) is 9.47 Å². The predicted octanol–water partition coefficient (Wildman–Crippen LogP) is 3.63. The maximum Gasteiger partial charge on any atom is 0.158 e. The van der Waals surface area contributed by atoms with Crippen LogP contribution in [0.5, 0.6) is 0 Å². The van der Waals surface area contributed by atoms with Gasteiger partial charge in [0.1, 0.15) is 5.82 Å². The first-order valence-electron chi connectivity index (χ1n) is 5.43. The molecule has 1 aromatic carbocycles. The van der Waals surface area contributed by atoms with E-state index in [1.54, 1.807) is 6.07 Å². The lowest BCUT2D eigenvalue weighted by atomic mass is 10.2. The van der Waals surface area contributed by atoms with Crippen molar-refractivity contribution in [1.82, 2.24) is 0 Å². The van der Waals surface area contributed by atoms with Crippen molar-refractivity contribution >= 4 is 15.9 Å². The van der Waals surface area contributed by atoms with Gasteiger partial charge in [0.2, 0.25) is 0 Å². The Morgan fingerprint density at radius 3 is 3.00 bits per heavy atom. The van der Waals surface area contributed by atoms with Gasteiger partial charge >= 0.3 is 0 Å². The molecule has 88 valence electrons. The van der Waals surface area contributed by atoms with Crippen molar-refractivity contribution in [3.05, 3.63) is 34.1 Å². The third-order valence-electron chi connectivity index (χ3n) is 2.61. The maximum absolute atomic E-state index is 13.5. The van der Waals surface area contributed by atoms with E-state index >= 15 is 0 Å². The topological polar surface area (TPSA) is 18.5 Å². The summed E-state index contributed by atoms with van der Waals surface area (Å²) in [4.78, 5) is 0. The second-order valence-corrected chi connectivity index (χ2v) is 4.66. The van der Waals surface area contributed by atoms with Crippen LogP contribution in [0.2, 0.25) is 0 Å². The first-order chi connectivity index (χ1) is 7.77. The molecule has 0 bridgehead atoms. The van der Waals surface area contributed by atoms with E-state index in [0.29, 0.717) is 5.56 Å². The number of hydrogen-bond acceptors (Lipinski definition) is 2. The van der Waals surface area contributed by atoms with E-state index in [1.165, 1.54) is 6.07 Å². The number of ether oxygens (including phenoxy) is 2. The Balaban J connectivity index is 1.93. The molecule has 2 nitrogen and oxygen atoms in total. The van der Waals surface area contributed by atoms with Gasteiger partial charge in [0.15, 0.2) is 6.29 Å². The van der Waals surface area contributed by atoms with Gasteiger partial charge in [-0.1, -0.05) is 22.0 Å². The van der Waals surface area contributed by atoms with E-state index in [9.17, 15) is 4.39 Å². The van der Waals surface area contributed by atoms with Gasteiger partial charge < -0.3 is 9.47 Å². The lowest BCUT2D eigenvalue weighted by Gasteiger charge is -2.23. The van der Waals surface area contributed by atoms with E-state index in [-0.39, 0.29) is 18.7 Å². The Hall–Kier alpha value is -0.450. The number of benzene rings is 1. The van der Waals surface area contributed by atoms with Crippen LogP contribution in [0, 0.1) is 5.82 Å². The second-order valence-electron chi connectivity index (χ2n) is 3.81. The fourth-order valence-corrected chi connectivity index (χ4v) is 2.15. The van der Waals surface area contributed by atoms with Crippen LogP contribution in [0.4, 0.5) is 4.39 Å². The molecule has 1 aliphatic heterocycles. The van der Waals surface area contributed by atoms with Crippen molar-refractivity contribution in [2.75, 3.05) is 6.61 Å². The molecule has 0 N–H and O–H groups in total. The number of hydrogen-bond donors (Lipinski definition) is 0. The second kappa shape index (κ2) is 5.75. The molecule has 2 rings (SSSR count). The summed E-state index contributed by atoms with van der Waals surface area (Å²) in [6, 6.07) is 4.91. The summed E-state index contributed by atoms with van der Waals surface area (Å²) < 4.78 is 25.2. The number of halogens is 2. The molecule has 1 heterocycles. The van der Waals surface area contributed by atoms with Gasteiger partial charge in [0.05, 0.1) is 6.61 Å². The highest BCUT2D eigenvalue weighted by Gasteiger charge is 2.15. The van der Waals surface area contributed by atoms with E-state index in [2.05, 4.69) is 15.9 Å². The van der Waals surface area contributed by atoms with Gasteiger partial charge in [-0.05, 0) is 31.4 Å². The van der Waals surface area contributed by atoms with Gasteiger partial charge in [0, 0.05) is 16.6 Å². The Morgan fingerprint density at radius 2 is 2.31 bits per heavy atom. The zero-order valence-corrected chi connectivity index (χ0v) is 10.5. The highest BCUT2D eigenvalue weighted by atomic mass is 79.9. The first-order valence-corrected chi connectivity index (χ1v) is 6.23. The van der Waals surface area contributed by atoms with Crippen LogP contribution in [0.1, 0.15) is 24.8 Å². The average molecular weight is 289 g/mol. The first kappa shape index (κ1) is 12.0. The normalized spacial score (nSPS) is 21.0. The summed E-state index contributed by atoms with van der Waals surface area (Å²) in [5, 5.41) is 0. The minimum absolute atomic E-state index is 0.180. The molecule has 1 aliphatic rings. The highest BCUT2D eigenvalue weighted by Crippen LogP contribution is 2.22. The van der Waals surface area contributed by atoms with Crippen molar-refractivity contribution in [2.24, 2.45) is 0 Å². The van der Waals surface area contributed by atoms with Gasteiger partial charge in [0.25, 0.3) is 0 Å². The van der Waals surface area contributed by atoms with Gasteiger partial charge in [-0.15, -0.1) is 0 Å². The summed E-state index contributed by atoms with van der Waals surface area (Å²) in [7, 11) is 0. The molecule has 1 saturated heterocycles. The van der Waals surface area contributed by atoms with E-state index in [1.807, 2.05) is 6.07 Å². The Kier molecular flexibility index (Phi) is 4.32. The van der Waals surface area contributed by atoms with Crippen molar-refractivity contribution in [3.63, 3.8) is 0 Å². The third kappa shape index (κ3) is 3.03. The van der Waals surface area contributed by atoms with Crippen LogP contribution in [-0.4, -0.2) is 12.9 Å². The lowest BCUT2D eigenvalue weighted by Crippen LogP contribution is -2.22. The van der Waals surface area contributed by atoms with Gasteiger partial charge in [-0.3, -0.25) is 0 Å². The van der Waals surface area contributed by atoms with E-state index in [0.717, 1.165) is 30.3 Å². The molecule has 0 amide bonds. The third-order valence-corrected chi connectivity index (χ3v) is 3.36. The van der Waals surface area contributed by atoms with Crippen molar-refractivity contribution in [2.45, 2.75) is 32.2 Å². The standard InChI is InChI=1S/C12H14BrFO2/c13-10-4-3-5-11(14)9(10)8-16-12-6-1-2-7-15-12/h3-5,12H,1-2,6-8H2. The van der Waals surface area contributed by atoms with E-state index < -0.39 is 0 Å². The quantitative estimate of drug-likeness (QED) is 0.846. The summed E-state index contributed by atoms with van der Waals surface area (Å²) in [6.07, 6.45) is 2.92. The van der Waals surface area contributed by atoms with Crippen LogP contribution < -0.4 is 0 Å². The van der Waals surface area contributed by atoms with Crippen molar-refractivity contribution < 1.29 is 13.9 Å². The smallest absolute Gasteiger partial charge is 0.158 e. The van der Waals surface area contributed by atoms with Crippen LogP contribution in [-0.2, 0) is 16.1 Å². The molecule has 4 heteroatoms. The molecule has 0 spiro atoms. The molecule has 0 aromatic heterocycles. The summed E-state index contributed by atoms with van der Waals surface area (Å²) in [5.74, 6) is -0.245. The summed E-state index contributed by atoms with van der Waals surface area (Å²) >= 11 is 3.31. The summed E-state index contributed by atoms with van der Waals surface area (Å²) in [5.41, 5.74) is 0.552. The zero-order valence-electron chi connectivity index (χ0n) is 8.92. The SMILES string of the molecule is Fc1cccc(Br)c1COC1CCCCO1. The fourth-order valence-electron chi connectivity index (χ4n) is 1.69. The fraction of sp³-hybridized carbons (Fsp3) is 0.500. The van der Waals surface area contributed by atoms with Crippen molar-refractivity contribution in [3.8, 4) is 0 Å². The zero-order chi connectivity index (χ0) is 11.4. The molecule has 0 radical (unpaired) electrons. The summed E-state index contributed by atoms with van der Waals surface area (Å²) in [6.45, 7) is 0.987. The molecule has 16 heavy (non-hydrogen) atoms. The van der Waals surface area contributed by atoms with Crippen LogP contribution in [0.3, 0.4) is 0 Å². The Bertz CT molecular complexity index is 331. The average Bonchev–Trinajstić information content (AvgIpc) is 2.30. The maximum atomic E-state index is 13.5. The minimum Gasteiger partial charge on any atom is -0.353 e. The minimum atomic E-state index is -0.245. The monoisotopic (exact) mass is 288 g/mol. The van der Waals surface area contributed by atoms with Crippen LogP contribution >= 0.6 is 15.9 Å². The lowest BCUT2D eigenvalue weighted by molar-refractivity contribution is -0.169. The molecule has 0 aliphatic carbocycles. The van der Waals surface area contributed by atoms with Crippen molar-refractivity contribution in [1.29, 1.82) is 0 Å². The molecular weight excluding hydrogens is 275 g/mol.